The highest BCUT2D eigenvalue weighted by Crippen LogP contribution is 2.18. The van der Waals surface area contributed by atoms with Crippen LogP contribution in [0.4, 0.5) is 0 Å². The minimum Gasteiger partial charge on any atom is -0.301 e. The van der Waals surface area contributed by atoms with Crippen molar-refractivity contribution in [2.75, 3.05) is 0 Å². The van der Waals surface area contributed by atoms with E-state index in [0.29, 0.717) is 6.54 Å². The first-order valence-corrected chi connectivity index (χ1v) is 6.28. The molecule has 0 radical (unpaired) electrons. The average Bonchev–Trinajstić information content (AvgIpc) is 2.74. The maximum absolute atomic E-state index is 11.5. The smallest absolute Gasteiger partial charge is 0.244 e. The second-order valence-electron chi connectivity index (χ2n) is 4.69. The Morgan fingerprint density at radius 2 is 1.89 bits per heavy atom. The van der Waals surface area contributed by atoms with Crippen molar-refractivity contribution in [3.63, 3.8) is 0 Å². The van der Waals surface area contributed by atoms with E-state index in [-0.39, 0.29) is 18.2 Å². The Balaban J connectivity index is 1.79. The normalized spacial score (nSPS) is 18.8. The SMILES string of the molecule is O=C1CC(NCc2cccc3ccccc23)C(=O)N1. The van der Waals surface area contributed by atoms with E-state index in [0.717, 1.165) is 5.56 Å². The molecule has 0 spiro atoms. The Morgan fingerprint density at radius 1 is 1.11 bits per heavy atom. The van der Waals surface area contributed by atoms with Crippen LogP contribution in [0.1, 0.15) is 12.0 Å². The van der Waals surface area contributed by atoms with Gasteiger partial charge in [-0.3, -0.25) is 14.9 Å². The molecule has 2 N–H and O–H groups in total. The maximum atomic E-state index is 11.5. The van der Waals surface area contributed by atoms with Crippen LogP contribution in [0.25, 0.3) is 10.8 Å². The fourth-order valence-corrected chi connectivity index (χ4v) is 2.40. The predicted octanol–water partition coefficient (Wildman–Crippen LogP) is 1.34. The van der Waals surface area contributed by atoms with E-state index >= 15 is 0 Å². The van der Waals surface area contributed by atoms with Crippen LogP contribution in [0.2, 0.25) is 0 Å². The number of hydrogen-bond acceptors (Lipinski definition) is 3. The molecule has 1 heterocycles. The third kappa shape index (κ3) is 2.35. The summed E-state index contributed by atoms with van der Waals surface area (Å²) in [5.41, 5.74) is 1.13. The fourth-order valence-electron chi connectivity index (χ4n) is 2.40. The molecule has 1 atom stereocenters. The van der Waals surface area contributed by atoms with Crippen molar-refractivity contribution in [2.24, 2.45) is 0 Å². The number of carbonyl (C=O) groups is 2. The second kappa shape index (κ2) is 4.82. The Kier molecular flexibility index (Phi) is 3.01. The molecule has 1 saturated heterocycles. The zero-order valence-electron chi connectivity index (χ0n) is 10.3. The van der Waals surface area contributed by atoms with Gasteiger partial charge in [0.2, 0.25) is 11.8 Å². The highest BCUT2D eigenvalue weighted by Gasteiger charge is 2.29. The van der Waals surface area contributed by atoms with Gasteiger partial charge in [0.1, 0.15) is 0 Å². The highest BCUT2D eigenvalue weighted by atomic mass is 16.2. The number of imide groups is 1. The van der Waals surface area contributed by atoms with E-state index in [1.54, 1.807) is 0 Å². The number of hydrogen-bond donors (Lipinski definition) is 2. The van der Waals surface area contributed by atoms with Crippen LogP contribution in [-0.2, 0) is 16.1 Å². The molecule has 0 bridgehead atoms. The molecule has 0 saturated carbocycles. The highest BCUT2D eigenvalue weighted by molar-refractivity contribution is 6.05. The van der Waals surface area contributed by atoms with Gasteiger partial charge in [-0.2, -0.15) is 0 Å². The van der Waals surface area contributed by atoms with Crippen molar-refractivity contribution in [3.05, 3.63) is 48.0 Å². The molecule has 4 heteroatoms. The molecule has 19 heavy (non-hydrogen) atoms. The van der Waals surface area contributed by atoms with Crippen LogP contribution in [0.3, 0.4) is 0 Å². The number of fused-ring (bicyclic) bond motifs is 1. The van der Waals surface area contributed by atoms with Crippen LogP contribution < -0.4 is 10.6 Å². The molecule has 4 nitrogen and oxygen atoms in total. The van der Waals surface area contributed by atoms with Crippen LogP contribution >= 0.6 is 0 Å². The van der Waals surface area contributed by atoms with Crippen LogP contribution in [0, 0.1) is 0 Å². The number of benzene rings is 2. The van der Waals surface area contributed by atoms with Crippen LogP contribution in [0.5, 0.6) is 0 Å². The van der Waals surface area contributed by atoms with Gasteiger partial charge in [-0.25, -0.2) is 0 Å². The van der Waals surface area contributed by atoms with Crippen molar-refractivity contribution >= 4 is 22.6 Å². The summed E-state index contributed by atoms with van der Waals surface area (Å²) in [5, 5.41) is 7.78. The van der Waals surface area contributed by atoms with Gasteiger partial charge in [0, 0.05) is 6.54 Å². The number of rotatable bonds is 3. The maximum Gasteiger partial charge on any atom is 0.244 e. The minimum absolute atomic E-state index is 0.208. The van der Waals surface area contributed by atoms with E-state index < -0.39 is 6.04 Å². The summed E-state index contributed by atoms with van der Waals surface area (Å²) in [7, 11) is 0. The van der Waals surface area contributed by atoms with Crippen molar-refractivity contribution in [2.45, 2.75) is 19.0 Å². The molecule has 2 aromatic rings. The number of amides is 2. The van der Waals surface area contributed by atoms with Crippen LogP contribution in [-0.4, -0.2) is 17.9 Å². The Hall–Kier alpha value is -2.20. The van der Waals surface area contributed by atoms with Crippen molar-refractivity contribution in [3.8, 4) is 0 Å². The molecule has 1 unspecified atom stereocenters. The lowest BCUT2D eigenvalue weighted by molar-refractivity contribution is -0.125. The molecule has 3 rings (SSSR count). The van der Waals surface area contributed by atoms with Gasteiger partial charge in [-0.05, 0) is 16.3 Å². The fraction of sp³-hybridized carbons (Fsp3) is 0.200. The summed E-state index contributed by atoms with van der Waals surface area (Å²) >= 11 is 0. The zero-order valence-corrected chi connectivity index (χ0v) is 10.3. The lowest BCUT2D eigenvalue weighted by Gasteiger charge is -2.11. The second-order valence-corrected chi connectivity index (χ2v) is 4.69. The largest absolute Gasteiger partial charge is 0.301 e. The third-order valence-electron chi connectivity index (χ3n) is 3.39. The van der Waals surface area contributed by atoms with Crippen molar-refractivity contribution in [1.29, 1.82) is 0 Å². The Morgan fingerprint density at radius 3 is 2.68 bits per heavy atom. The van der Waals surface area contributed by atoms with Gasteiger partial charge in [0.05, 0.1) is 12.5 Å². The van der Waals surface area contributed by atoms with Crippen molar-refractivity contribution < 1.29 is 9.59 Å². The van der Waals surface area contributed by atoms with E-state index in [1.165, 1.54) is 10.8 Å². The summed E-state index contributed by atoms with van der Waals surface area (Å²) in [5.74, 6) is -0.439. The molecule has 1 aliphatic heterocycles. The summed E-state index contributed by atoms with van der Waals surface area (Å²) in [6.07, 6.45) is 0.226. The lowest BCUT2D eigenvalue weighted by atomic mass is 10.0. The molecule has 1 fully saturated rings. The summed E-state index contributed by atoms with van der Waals surface area (Å²) in [4.78, 5) is 22.6. The first-order valence-electron chi connectivity index (χ1n) is 6.28. The van der Waals surface area contributed by atoms with Gasteiger partial charge in [-0.1, -0.05) is 42.5 Å². The standard InChI is InChI=1S/C15H14N2O2/c18-14-8-13(15(19)17-14)16-9-11-6-3-5-10-4-1-2-7-12(10)11/h1-7,13,16H,8-9H2,(H,17,18,19). The Bertz CT molecular complexity index is 646. The molecular formula is C15H14N2O2. The summed E-state index contributed by atoms with van der Waals surface area (Å²) in [6.45, 7) is 0.576. The quantitative estimate of drug-likeness (QED) is 0.813. The van der Waals surface area contributed by atoms with Gasteiger partial charge in [0.25, 0.3) is 0 Å². The van der Waals surface area contributed by atoms with E-state index in [2.05, 4.69) is 28.8 Å². The van der Waals surface area contributed by atoms with Crippen LogP contribution in [0.15, 0.2) is 42.5 Å². The monoisotopic (exact) mass is 254 g/mol. The summed E-state index contributed by atoms with van der Waals surface area (Å²) < 4.78 is 0. The molecular weight excluding hydrogens is 240 g/mol. The van der Waals surface area contributed by atoms with Crippen molar-refractivity contribution in [1.82, 2.24) is 10.6 Å². The Labute approximate surface area is 110 Å². The first-order chi connectivity index (χ1) is 9.24. The van der Waals surface area contributed by atoms with E-state index in [9.17, 15) is 9.59 Å². The van der Waals surface area contributed by atoms with E-state index in [4.69, 9.17) is 0 Å². The third-order valence-corrected chi connectivity index (χ3v) is 3.39. The molecule has 2 aromatic carbocycles. The van der Waals surface area contributed by atoms with E-state index in [1.807, 2.05) is 24.3 Å². The first kappa shape index (κ1) is 11.9. The van der Waals surface area contributed by atoms with Gasteiger partial charge in [-0.15, -0.1) is 0 Å². The minimum atomic E-state index is -0.411. The topological polar surface area (TPSA) is 58.2 Å². The molecule has 2 amide bonds. The molecule has 0 aromatic heterocycles. The van der Waals surface area contributed by atoms with Gasteiger partial charge < -0.3 is 5.32 Å². The molecule has 1 aliphatic rings. The predicted molar refractivity (Wildman–Crippen MR) is 72.3 cm³/mol. The van der Waals surface area contributed by atoms with Gasteiger partial charge in [0.15, 0.2) is 0 Å². The number of nitrogens with one attached hydrogen (secondary N) is 2. The molecule has 0 aliphatic carbocycles. The number of carbonyl (C=O) groups excluding carboxylic acids is 2. The van der Waals surface area contributed by atoms with Gasteiger partial charge >= 0.3 is 0 Å². The molecule has 96 valence electrons. The zero-order chi connectivity index (χ0) is 13.2. The average molecular weight is 254 g/mol. The summed E-state index contributed by atoms with van der Waals surface area (Å²) in [6, 6.07) is 13.8. The lowest BCUT2D eigenvalue weighted by Crippen LogP contribution is -2.35.